The number of non-ortho nitro benzene ring substituents is 1. The summed E-state index contributed by atoms with van der Waals surface area (Å²) in [5.74, 6) is 0. The summed E-state index contributed by atoms with van der Waals surface area (Å²) in [7, 11) is 6.00. The largest absolute Gasteiger partial charge is 0.444 e. The first-order valence-corrected chi connectivity index (χ1v) is 6.90. The number of benzene rings is 1. The average molecular weight is 311 g/mol. The third kappa shape index (κ3) is 7.00. The number of likely N-dealkylation sites (N-methyl/N-ethyl adjacent to an activating group) is 1. The lowest BCUT2D eigenvalue weighted by Crippen LogP contribution is -2.44. The minimum Gasteiger partial charge on any atom is -0.444 e. The molecule has 1 atom stereocenters. The Hall–Kier alpha value is -2.19. The average Bonchev–Trinajstić information content (AvgIpc) is 2.37. The molecule has 1 aromatic rings. The van der Waals surface area contributed by atoms with Crippen LogP contribution in [0.3, 0.4) is 0 Å². The van der Waals surface area contributed by atoms with Crippen LogP contribution in [0, 0.1) is 10.1 Å². The second-order valence-corrected chi connectivity index (χ2v) is 6.03. The second kappa shape index (κ2) is 7.71. The van der Waals surface area contributed by atoms with Gasteiger partial charge in [-0.25, -0.2) is 4.79 Å². The number of ether oxygens (including phenoxy) is 1. The van der Waals surface area contributed by atoms with E-state index in [4.69, 9.17) is 10.5 Å². The van der Waals surface area contributed by atoms with E-state index in [1.165, 1.54) is 12.1 Å². The van der Waals surface area contributed by atoms with E-state index in [-0.39, 0.29) is 5.69 Å². The van der Waals surface area contributed by atoms with E-state index in [1.54, 1.807) is 12.1 Å². The minimum absolute atomic E-state index is 0.0185. The van der Waals surface area contributed by atoms with Crippen molar-refractivity contribution >= 4 is 11.8 Å². The smallest absolute Gasteiger partial charge is 0.408 e. The van der Waals surface area contributed by atoms with Crippen LogP contribution in [0.15, 0.2) is 24.3 Å². The molecule has 8 heteroatoms. The van der Waals surface area contributed by atoms with Gasteiger partial charge in [-0.3, -0.25) is 10.1 Å². The molecular formula is C14H23N4O4+. The molecule has 0 radical (unpaired) electrons. The number of alkyl carbamates (subject to hydrolysis) is 1. The summed E-state index contributed by atoms with van der Waals surface area (Å²) < 4.78 is 5.74. The Kier molecular flexibility index (Phi) is 6.26. The molecule has 0 aliphatic heterocycles. The summed E-state index contributed by atoms with van der Waals surface area (Å²) in [5, 5.41) is 13.1. The highest BCUT2D eigenvalue weighted by molar-refractivity contribution is 5.67. The number of nitro benzene ring substituents is 1. The first kappa shape index (κ1) is 17.9. The molecule has 0 aliphatic carbocycles. The molecule has 0 aliphatic rings. The van der Waals surface area contributed by atoms with Crippen LogP contribution in [-0.4, -0.2) is 56.0 Å². The van der Waals surface area contributed by atoms with Crippen molar-refractivity contribution in [2.75, 3.05) is 34.3 Å². The molecule has 0 saturated carbocycles. The molecule has 0 aromatic heterocycles. The van der Waals surface area contributed by atoms with Crippen molar-refractivity contribution in [1.82, 2.24) is 5.32 Å². The van der Waals surface area contributed by atoms with Crippen LogP contribution in [0.1, 0.15) is 5.56 Å². The number of rotatable bonds is 7. The predicted molar refractivity (Wildman–Crippen MR) is 82.2 cm³/mol. The molecule has 0 spiro atoms. The van der Waals surface area contributed by atoms with E-state index in [0.29, 0.717) is 24.1 Å². The lowest BCUT2D eigenvalue weighted by atomic mass is 10.1. The van der Waals surface area contributed by atoms with Gasteiger partial charge in [0.2, 0.25) is 0 Å². The van der Waals surface area contributed by atoms with Crippen molar-refractivity contribution in [2.24, 2.45) is 5.73 Å². The van der Waals surface area contributed by atoms with Crippen molar-refractivity contribution in [2.45, 2.75) is 12.6 Å². The Balaban J connectivity index is 2.37. The van der Waals surface area contributed by atoms with Crippen molar-refractivity contribution < 1.29 is 18.9 Å². The zero-order valence-electron chi connectivity index (χ0n) is 13.1. The second-order valence-electron chi connectivity index (χ2n) is 6.03. The molecule has 1 aromatic carbocycles. The third-order valence-electron chi connectivity index (χ3n) is 2.90. The zero-order valence-corrected chi connectivity index (χ0v) is 13.1. The number of carbonyl (C=O) groups excluding carboxylic acids is 1. The third-order valence-corrected chi connectivity index (χ3v) is 2.90. The topological polar surface area (TPSA) is 107 Å². The van der Waals surface area contributed by atoms with Crippen LogP contribution in [0.4, 0.5) is 10.5 Å². The molecule has 8 nitrogen and oxygen atoms in total. The number of quaternary nitrogens is 1. The Morgan fingerprint density at radius 2 is 1.95 bits per heavy atom. The fourth-order valence-electron chi connectivity index (χ4n) is 1.66. The highest BCUT2D eigenvalue weighted by Crippen LogP contribution is 2.12. The Morgan fingerprint density at radius 1 is 1.36 bits per heavy atom. The summed E-state index contributed by atoms with van der Waals surface area (Å²) in [6.45, 7) is 1.00. The maximum Gasteiger partial charge on any atom is 0.408 e. The SMILES string of the molecule is C[N+](C)(C)CCOC(=O)NC(N)Cc1ccc([N+](=O)[O-])cc1. The van der Waals surface area contributed by atoms with E-state index in [9.17, 15) is 14.9 Å². The number of nitrogens with one attached hydrogen (secondary N) is 1. The number of hydrogen-bond donors (Lipinski definition) is 2. The van der Waals surface area contributed by atoms with Crippen LogP contribution in [0.2, 0.25) is 0 Å². The monoisotopic (exact) mass is 311 g/mol. The van der Waals surface area contributed by atoms with Gasteiger partial charge in [0.25, 0.3) is 5.69 Å². The molecule has 1 amide bonds. The van der Waals surface area contributed by atoms with Crippen LogP contribution in [-0.2, 0) is 11.2 Å². The molecule has 22 heavy (non-hydrogen) atoms. The Morgan fingerprint density at radius 3 is 2.45 bits per heavy atom. The molecule has 0 saturated heterocycles. The standard InChI is InChI=1S/C14H22N4O4/c1-18(2,3)8-9-22-14(19)16-13(15)10-11-4-6-12(7-5-11)17(20)21/h4-7,13H,8-10,15H2,1-3H3/p+1. The van der Waals surface area contributed by atoms with E-state index in [0.717, 1.165) is 5.56 Å². The van der Waals surface area contributed by atoms with Crippen molar-refractivity contribution in [1.29, 1.82) is 0 Å². The van der Waals surface area contributed by atoms with E-state index >= 15 is 0 Å². The first-order chi connectivity index (χ1) is 10.2. The van der Waals surface area contributed by atoms with Gasteiger partial charge >= 0.3 is 6.09 Å². The van der Waals surface area contributed by atoms with Gasteiger partial charge in [0.1, 0.15) is 13.2 Å². The summed E-state index contributed by atoms with van der Waals surface area (Å²) in [4.78, 5) is 21.7. The Bertz CT molecular complexity index is 511. The molecule has 1 rings (SSSR count). The zero-order chi connectivity index (χ0) is 16.8. The molecular weight excluding hydrogens is 288 g/mol. The number of hydrogen-bond acceptors (Lipinski definition) is 5. The van der Waals surface area contributed by atoms with Gasteiger partial charge in [0.05, 0.1) is 32.2 Å². The summed E-state index contributed by atoms with van der Waals surface area (Å²) >= 11 is 0. The van der Waals surface area contributed by atoms with Crippen molar-refractivity contribution in [3.05, 3.63) is 39.9 Å². The fraction of sp³-hybridized carbons (Fsp3) is 0.500. The maximum absolute atomic E-state index is 11.6. The van der Waals surface area contributed by atoms with Crippen LogP contribution in [0.5, 0.6) is 0 Å². The normalized spacial score (nSPS) is 12.5. The van der Waals surface area contributed by atoms with E-state index < -0.39 is 17.2 Å². The predicted octanol–water partition coefficient (Wildman–Crippen LogP) is 0.855. The molecule has 122 valence electrons. The number of nitro groups is 1. The van der Waals surface area contributed by atoms with Gasteiger partial charge in [0, 0.05) is 18.6 Å². The number of amides is 1. The number of nitrogens with two attached hydrogens (primary N) is 1. The first-order valence-electron chi connectivity index (χ1n) is 6.90. The van der Waals surface area contributed by atoms with Crippen LogP contribution in [0.25, 0.3) is 0 Å². The fourth-order valence-corrected chi connectivity index (χ4v) is 1.66. The molecule has 1 unspecified atom stereocenters. The van der Waals surface area contributed by atoms with Crippen molar-refractivity contribution in [3.63, 3.8) is 0 Å². The minimum atomic E-state index is -0.613. The summed E-state index contributed by atoms with van der Waals surface area (Å²) in [6.07, 6.45) is -0.816. The highest BCUT2D eigenvalue weighted by Gasteiger charge is 2.13. The molecule has 3 N–H and O–H groups in total. The number of carbonyl (C=O) groups is 1. The van der Waals surface area contributed by atoms with E-state index in [2.05, 4.69) is 5.32 Å². The lowest BCUT2D eigenvalue weighted by molar-refractivity contribution is -0.870. The lowest BCUT2D eigenvalue weighted by Gasteiger charge is -2.23. The molecule has 0 bridgehead atoms. The van der Waals surface area contributed by atoms with Gasteiger partial charge in [-0.15, -0.1) is 0 Å². The van der Waals surface area contributed by atoms with Gasteiger partial charge in [0.15, 0.2) is 0 Å². The van der Waals surface area contributed by atoms with Gasteiger partial charge in [-0.2, -0.15) is 0 Å². The van der Waals surface area contributed by atoms with Crippen LogP contribution >= 0.6 is 0 Å². The van der Waals surface area contributed by atoms with E-state index in [1.807, 2.05) is 21.1 Å². The van der Waals surface area contributed by atoms with Crippen molar-refractivity contribution in [3.8, 4) is 0 Å². The quantitative estimate of drug-likeness (QED) is 0.336. The number of nitrogens with zero attached hydrogens (tertiary/aromatic N) is 2. The summed E-state index contributed by atoms with van der Waals surface area (Å²) in [5.41, 5.74) is 6.63. The van der Waals surface area contributed by atoms with Crippen LogP contribution < -0.4 is 11.1 Å². The van der Waals surface area contributed by atoms with Gasteiger partial charge in [-0.05, 0) is 5.56 Å². The molecule has 0 heterocycles. The summed E-state index contributed by atoms with van der Waals surface area (Å²) in [6, 6.07) is 6.04. The van der Waals surface area contributed by atoms with Gasteiger partial charge in [-0.1, -0.05) is 12.1 Å². The highest BCUT2D eigenvalue weighted by atomic mass is 16.6. The maximum atomic E-state index is 11.6. The Labute approximate surface area is 129 Å². The van der Waals surface area contributed by atoms with Gasteiger partial charge < -0.3 is 20.3 Å². The molecule has 0 fully saturated rings.